The number of methoxy groups -OCH3 is 2. The van der Waals surface area contributed by atoms with Crippen LogP contribution in [0, 0.1) is 6.92 Å². The lowest BCUT2D eigenvalue weighted by Crippen LogP contribution is -2.35. The molecule has 0 radical (unpaired) electrons. The molecular formula is C27H27N3O4. The Labute approximate surface area is 197 Å². The average Bonchev–Trinajstić information content (AvgIpc) is 2.85. The number of amides is 2. The van der Waals surface area contributed by atoms with Gasteiger partial charge in [0.15, 0.2) is 0 Å². The molecule has 0 unspecified atom stereocenters. The third kappa shape index (κ3) is 5.04. The highest BCUT2D eigenvalue weighted by atomic mass is 16.5. The zero-order chi connectivity index (χ0) is 24.1. The van der Waals surface area contributed by atoms with Crippen molar-refractivity contribution in [1.82, 2.24) is 9.88 Å². The van der Waals surface area contributed by atoms with Crippen LogP contribution in [0.2, 0.25) is 0 Å². The Morgan fingerprint density at radius 1 is 0.941 bits per heavy atom. The molecular weight excluding hydrogens is 430 g/mol. The Balaban J connectivity index is 1.66. The number of carbonyl (C=O) groups excluding carboxylic acids is 1. The summed E-state index contributed by atoms with van der Waals surface area (Å²) in [4.78, 5) is 30.8. The number of benzene rings is 3. The van der Waals surface area contributed by atoms with E-state index >= 15 is 0 Å². The van der Waals surface area contributed by atoms with E-state index in [0.29, 0.717) is 23.5 Å². The van der Waals surface area contributed by atoms with Gasteiger partial charge in [-0.2, -0.15) is 0 Å². The Morgan fingerprint density at radius 2 is 1.71 bits per heavy atom. The molecule has 0 saturated carbocycles. The second kappa shape index (κ2) is 10.1. The number of aromatic amines is 1. The summed E-state index contributed by atoms with van der Waals surface area (Å²) in [6, 6.07) is 22.0. The largest absolute Gasteiger partial charge is 0.497 e. The Morgan fingerprint density at radius 3 is 2.44 bits per heavy atom. The van der Waals surface area contributed by atoms with Crippen LogP contribution in [0.3, 0.4) is 0 Å². The molecule has 7 heteroatoms. The maximum Gasteiger partial charge on any atom is 0.322 e. The number of H-pyrrole nitrogens is 1. The normalized spacial score (nSPS) is 10.7. The van der Waals surface area contributed by atoms with Gasteiger partial charge in [0, 0.05) is 12.1 Å². The molecule has 0 saturated heterocycles. The van der Waals surface area contributed by atoms with Gasteiger partial charge in [0.2, 0.25) is 0 Å². The van der Waals surface area contributed by atoms with E-state index in [2.05, 4.69) is 10.3 Å². The number of pyridine rings is 1. The van der Waals surface area contributed by atoms with Crippen molar-refractivity contribution in [1.29, 1.82) is 0 Å². The summed E-state index contributed by atoms with van der Waals surface area (Å²) in [6.45, 7) is 2.39. The van der Waals surface area contributed by atoms with E-state index in [-0.39, 0.29) is 18.1 Å². The number of aryl methyl sites for hydroxylation is 1. The van der Waals surface area contributed by atoms with Gasteiger partial charge in [-0.15, -0.1) is 0 Å². The van der Waals surface area contributed by atoms with Gasteiger partial charge in [-0.1, -0.05) is 42.5 Å². The number of hydrogen-bond acceptors (Lipinski definition) is 4. The van der Waals surface area contributed by atoms with Crippen molar-refractivity contribution in [2.45, 2.75) is 20.0 Å². The molecule has 0 atom stereocenters. The molecule has 1 heterocycles. The van der Waals surface area contributed by atoms with Gasteiger partial charge in [0.25, 0.3) is 5.56 Å². The smallest absolute Gasteiger partial charge is 0.322 e. The molecule has 0 bridgehead atoms. The minimum atomic E-state index is -0.343. The third-order valence-electron chi connectivity index (χ3n) is 5.69. The maximum atomic E-state index is 13.4. The number of fused-ring (bicyclic) bond motifs is 1. The average molecular weight is 458 g/mol. The van der Waals surface area contributed by atoms with Gasteiger partial charge in [0.1, 0.15) is 11.5 Å². The summed E-state index contributed by atoms with van der Waals surface area (Å²) in [5.74, 6) is 1.29. The quantitative estimate of drug-likeness (QED) is 0.405. The van der Waals surface area contributed by atoms with E-state index in [0.717, 1.165) is 27.8 Å². The van der Waals surface area contributed by atoms with Crippen LogP contribution in [-0.4, -0.2) is 30.1 Å². The Bertz CT molecular complexity index is 1360. The molecule has 0 spiro atoms. The zero-order valence-corrected chi connectivity index (χ0v) is 19.4. The number of anilines is 1. The van der Waals surface area contributed by atoms with Gasteiger partial charge >= 0.3 is 6.03 Å². The van der Waals surface area contributed by atoms with Crippen LogP contribution in [0.15, 0.2) is 77.6 Å². The van der Waals surface area contributed by atoms with Crippen molar-refractivity contribution >= 4 is 22.6 Å². The van der Waals surface area contributed by atoms with Crippen molar-refractivity contribution in [3.05, 3.63) is 99.8 Å². The lowest BCUT2D eigenvalue weighted by molar-refractivity contribution is 0.206. The highest BCUT2D eigenvalue weighted by Crippen LogP contribution is 2.24. The van der Waals surface area contributed by atoms with Gasteiger partial charge in [0.05, 0.1) is 32.0 Å². The molecule has 4 rings (SSSR count). The van der Waals surface area contributed by atoms with E-state index in [1.165, 1.54) is 0 Å². The maximum absolute atomic E-state index is 13.4. The van der Waals surface area contributed by atoms with Gasteiger partial charge in [-0.05, 0) is 53.8 Å². The number of carbonyl (C=O) groups is 1. The van der Waals surface area contributed by atoms with Crippen LogP contribution in [0.1, 0.15) is 16.7 Å². The molecule has 174 valence electrons. The van der Waals surface area contributed by atoms with Crippen LogP contribution in [0.5, 0.6) is 11.5 Å². The molecule has 0 fully saturated rings. The zero-order valence-electron chi connectivity index (χ0n) is 19.4. The summed E-state index contributed by atoms with van der Waals surface area (Å²) in [5.41, 5.74) is 3.54. The number of nitrogens with one attached hydrogen (secondary N) is 2. The highest BCUT2D eigenvalue weighted by Gasteiger charge is 2.19. The van der Waals surface area contributed by atoms with E-state index in [9.17, 15) is 9.59 Å². The summed E-state index contributed by atoms with van der Waals surface area (Å²) in [7, 11) is 3.16. The van der Waals surface area contributed by atoms with Crippen molar-refractivity contribution in [2.24, 2.45) is 0 Å². The van der Waals surface area contributed by atoms with E-state index in [1.807, 2.05) is 67.6 Å². The molecule has 4 aromatic rings. The number of nitrogens with zero attached hydrogens (tertiary/aromatic N) is 1. The van der Waals surface area contributed by atoms with Gasteiger partial charge < -0.3 is 24.7 Å². The highest BCUT2D eigenvalue weighted by molar-refractivity contribution is 5.91. The molecule has 7 nitrogen and oxygen atoms in total. The first-order chi connectivity index (χ1) is 16.5. The SMILES string of the molecule is COc1ccc(CN(Cc2cc3cccc(C)c3[nH]c2=O)C(=O)Nc2ccccc2OC)cc1. The van der Waals surface area contributed by atoms with E-state index in [4.69, 9.17) is 9.47 Å². The molecule has 2 N–H and O–H groups in total. The number of hydrogen-bond donors (Lipinski definition) is 2. The predicted octanol–water partition coefficient (Wildman–Crippen LogP) is 5.09. The predicted molar refractivity (Wildman–Crippen MR) is 134 cm³/mol. The topological polar surface area (TPSA) is 83.7 Å². The third-order valence-corrected chi connectivity index (χ3v) is 5.69. The van der Waals surface area contributed by atoms with Crippen molar-refractivity contribution < 1.29 is 14.3 Å². The van der Waals surface area contributed by atoms with Crippen LogP contribution in [-0.2, 0) is 13.1 Å². The molecule has 0 aliphatic rings. The van der Waals surface area contributed by atoms with Crippen molar-refractivity contribution in [2.75, 3.05) is 19.5 Å². The van der Waals surface area contributed by atoms with Gasteiger partial charge in [-0.25, -0.2) is 4.79 Å². The Kier molecular flexibility index (Phi) is 6.82. The monoisotopic (exact) mass is 457 g/mol. The second-order valence-electron chi connectivity index (χ2n) is 8.00. The number of ether oxygens (including phenoxy) is 2. The minimum Gasteiger partial charge on any atom is -0.497 e. The van der Waals surface area contributed by atoms with E-state index in [1.54, 1.807) is 31.3 Å². The lowest BCUT2D eigenvalue weighted by atomic mass is 10.1. The summed E-state index contributed by atoms with van der Waals surface area (Å²) in [5, 5.41) is 3.84. The number of rotatable bonds is 7. The Hall–Kier alpha value is -4.26. The number of urea groups is 1. The first kappa shape index (κ1) is 22.9. The first-order valence-corrected chi connectivity index (χ1v) is 10.9. The summed E-state index contributed by atoms with van der Waals surface area (Å²) < 4.78 is 10.6. The fourth-order valence-electron chi connectivity index (χ4n) is 3.84. The molecule has 1 aromatic heterocycles. The van der Waals surface area contributed by atoms with Gasteiger partial charge in [-0.3, -0.25) is 4.79 Å². The fraction of sp³-hybridized carbons (Fsp3) is 0.185. The minimum absolute atomic E-state index is 0.131. The molecule has 0 aliphatic heterocycles. The first-order valence-electron chi connectivity index (χ1n) is 10.9. The molecule has 3 aromatic carbocycles. The molecule has 0 aliphatic carbocycles. The summed E-state index contributed by atoms with van der Waals surface area (Å²) >= 11 is 0. The van der Waals surface area contributed by atoms with Crippen molar-refractivity contribution in [3.63, 3.8) is 0 Å². The lowest BCUT2D eigenvalue weighted by Gasteiger charge is -2.24. The van der Waals surface area contributed by atoms with Crippen LogP contribution < -0.4 is 20.3 Å². The molecule has 2 amide bonds. The van der Waals surface area contributed by atoms with Crippen LogP contribution >= 0.6 is 0 Å². The van der Waals surface area contributed by atoms with E-state index < -0.39 is 0 Å². The van der Waals surface area contributed by atoms with Crippen molar-refractivity contribution in [3.8, 4) is 11.5 Å². The summed E-state index contributed by atoms with van der Waals surface area (Å²) in [6.07, 6.45) is 0. The molecule has 34 heavy (non-hydrogen) atoms. The van der Waals surface area contributed by atoms with Crippen LogP contribution in [0.4, 0.5) is 10.5 Å². The second-order valence-corrected chi connectivity index (χ2v) is 8.00. The number of aromatic nitrogens is 1. The fourth-order valence-corrected chi connectivity index (χ4v) is 3.84. The number of para-hydroxylation sites is 3. The standard InChI is InChI=1S/C27H27N3O4/c1-18-7-6-8-20-15-21(26(31)29-25(18)20)17-30(16-19-11-13-22(33-2)14-12-19)27(32)28-23-9-4-5-10-24(23)34-3/h4-15H,16-17H2,1-3H3,(H,28,32)(H,29,31). The van der Waals surface area contributed by atoms with Crippen LogP contribution in [0.25, 0.3) is 10.9 Å².